The number of carbonyl (C=O) groups excluding carboxylic acids is 1. The molecule has 1 saturated heterocycles. The van der Waals surface area contributed by atoms with Gasteiger partial charge in [0, 0.05) is 19.1 Å². The highest BCUT2D eigenvalue weighted by molar-refractivity contribution is 5.85. The number of likely N-dealkylation sites (tertiary alicyclic amines) is 1. The Morgan fingerprint density at radius 2 is 2.15 bits per heavy atom. The summed E-state index contributed by atoms with van der Waals surface area (Å²) in [5.41, 5.74) is 7.03. The van der Waals surface area contributed by atoms with Crippen LogP contribution in [-0.4, -0.2) is 36.5 Å². The summed E-state index contributed by atoms with van der Waals surface area (Å²) in [7, 11) is 0. The minimum atomic E-state index is 0. The van der Waals surface area contributed by atoms with Gasteiger partial charge in [-0.3, -0.25) is 9.69 Å². The summed E-state index contributed by atoms with van der Waals surface area (Å²) >= 11 is 0. The van der Waals surface area contributed by atoms with Crippen molar-refractivity contribution in [3.8, 4) is 0 Å². The van der Waals surface area contributed by atoms with Crippen LogP contribution in [0.1, 0.15) is 18.9 Å². The minimum absolute atomic E-state index is 0. The fraction of sp³-hybridized carbons (Fsp3) is 0.533. The Balaban J connectivity index is 0.00000200. The highest BCUT2D eigenvalue weighted by atomic mass is 35.5. The van der Waals surface area contributed by atoms with Crippen LogP contribution in [0.2, 0.25) is 0 Å². The molecule has 1 aromatic rings. The Morgan fingerprint density at radius 3 is 2.75 bits per heavy atom. The number of benzene rings is 1. The summed E-state index contributed by atoms with van der Waals surface area (Å²) in [5.74, 6) is 0.621. The van der Waals surface area contributed by atoms with Crippen molar-refractivity contribution in [1.82, 2.24) is 10.2 Å². The third kappa shape index (κ3) is 5.12. The monoisotopic (exact) mass is 297 g/mol. The van der Waals surface area contributed by atoms with Crippen molar-refractivity contribution >= 4 is 18.3 Å². The van der Waals surface area contributed by atoms with Gasteiger partial charge in [-0.05, 0) is 31.4 Å². The average molecular weight is 298 g/mol. The topological polar surface area (TPSA) is 58.4 Å². The first-order valence-electron chi connectivity index (χ1n) is 6.93. The molecule has 1 aliphatic rings. The fourth-order valence-corrected chi connectivity index (χ4v) is 2.49. The van der Waals surface area contributed by atoms with E-state index in [1.807, 2.05) is 37.3 Å². The predicted molar refractivity (Wildman–Crippen MR) is 83.7 cm³/mol. The van der Waals surface area contributed by atoms with Gasteiger partial charge in [-0.15, -0.1) is 12.4 Å². The molecule has 0 radical (unpaired) electrons. The Bertz CT molecular complexity index is 411. The van der Waals surface area contributed by atoms with Crippen LogP contribution in [0.4, 0.5) is 0 Å². The second kappa shape index (κ2) is 8.25. The summed E-state index contributed by atoms with van der Waals surface area (Å²) in [5, 5.41) is 2.96. The van der Waals surface area contributed by atoms with Crippen LogP contribution < -0.4 is 11.1 Å². The molecule has 0 aliphatic carbocycles. The number of carbonyl (C=O) groups is 1. The smallest absolute Gasteiger partial charge is 0.234 e. The molecule has 0 spiro atoms. The molecule has 4 nitrogen and oxygen atoms in total. The minimum Gasteiger partial charge on any atom is -0.351 e. The summed E-state index contributed by atoms with van der Waals surface area (Å²) in [6.07, 6.45) is 1.10. The van der Waals surface area contributed by atoms with Gasteiger partial charge in [0.05, 0.1) is 6.54 Å². The Hall–Kier alpha value is -1.10. The largest absolute Gasteiger partial charge is 0.351 e. The molecule has 2 atom stereocenters. The fourth-order valence-electron chi connectivity index (χ4n) is 2.49. The Morgan fingerprint density at radius 1 is 1.45 bits per heavy atom. The standard InChI is InChI=1S/C15H23N3O.ClH/c1-12(16)14-7-8-18(10-14)11-15(19)17-9-13-5-3-2-4-6-13;/h2-6,12,14H,7-11,16H2,1H3,(H,17,19);1H. The number of nitrogens with one attached hydrogen (secondary N) is 1. The van der Waals surface area contributed by atoms with E-state index in [0.717, 1.165) is 25.1 Å². The summed E-state index contributed by atoms with van der Waals surface area (Å²) in [6.45, 7) is 5.05. The lowest BCUT2D eigenvalue weighted by Gasteiger charge is -2.17. The van der Waals surface area contributed by atoms with Gasteiger partial charge in [0.25, 0.3) is 0 Å². The van der Waals surface area contributed by atoms with E-state index in [0.29, 0.717) is 19.0 Å². The predicted octanol–water partition coefficient (Wildman–Crippen LogP) is 1.39. The van der Waals surface area contributed by atoms with Gasteiger partial charge in [0.2, 0.25) is 5.91 Å². The molecule has 0 bridgehead atoms. The lowest BCUT2D eigenvalue weighted by atomic mass is 10.0. The van der Waals surface area contributed by atoms with Crippen molar-refractivity contribution in [3.05, 3.63) is 35.9 Å². The molecule has 20 heavy (non-hydrogen) atoms. The summed E-state index contributed by atoms with van der Waals surface area (Å²) < 4.78 is 0. The summed E-state index contributed by atoms with van der Waals surface area (Å²) in [6, 6.07) is 10.2. The molecule has 0 saturated carbocycles. The highest BCUT2D eigenvalue weighted by Gasteiger charge is 2.26. The maximum absolute atomic E-state index is 11.9. The normalized spacial score (nSPS) is 20.2. The van der Waals surface area contributed by atoms with Gasteiger partial charge < -0.3 is 11.1 Å². The molecular weight excluding hydrogens is 274 g/mol. The zero-order chi connectivity index (χ0) is 13.7. The summed E-state index contributed by atoms with van der Waals surface area (Å²) in [4.78, 5) is 14.1. The van der Waals surface area contributed by atoms with Gasteiger partial charge in [-0.2, -0.15) is 0 Å². The van der Waals surface area contributed by atoms with Gasteiger partial charge in [-0.1, -0.05) is 30.3 Å². The molecular formula is C15H24ClN3O. The van der Waals surface area contributed by atoms with E-state index in [4.69, 9.17) is 5.73 Å². The third-order valence-corrected chi connectivity index (χ3v) is 3.75. The molecule has 1 aliphatic heterocycles. The van der Waals surface area contributed by atoms with Gasteiger partial charge in [0.15, 0.2) is 0 Å². The van der Waals surface area contributed by atoms with Crippen LogP contribution in [0.5, 0.6) is 0 Å². The van der Waals surface area contributed by atoms with E-state index in [2.05, 4.69) is 10.2 Å². The molecule has 1 fully saturated rings. The van der Waals surface area contributed by atoms with Crippen molar-refractivity contribution in [2.75, 3.05) is 19.6 Å². The van der Waals surface area contributed by atoms with E-state index >= 15 is 0 Å². The van der Waals surface area contributed by atoms with Crippen molar-refractivity contribution in [3.63, 3.8) is 0 Å². The van der Waals surface area contributed by atoms with Crippen LogP contribution in [0.3, 0.4) is 0 Å². The molecule has 2 rings (SSSR count). The Kier molecular flexibility index (Phi) is 6.99. The van der Waals surface area contributed by atoms with Gasteiger partial charge in [-0.25, -0.2) is 0 Å². The maximum Gasteiger partial charge on any atom is 0.234 e. The zero-order valence-corrected chi connectivity index (χ0v) is 12.7. The van der Waals surface area contributed by atoms with E-state index in [1.165, 1.54) is 0 Å². The number of hydrogen-bond acceptors (Lipinski definition) is 3. The van der Waals surface area contributed by atoms with E-state index in [-0.39, 0.29) is 24.4 Å². The second-order valence-corrected chi connectivity index (χ2v) is 5.41. The van der Waals surface area contributed by atoms with Crippen molar-refractivity contribution in [1.29, 1.82) is 0 Å². The van der Waals surface area contributed by atoms with Crippen molar-refractivity contribution in [2.45, 2.75) is 25.9 Å². The molecule has 1 aromatic carbocycles. The average Bonchev–Trinajstić information content (AvgIpc) is 2.86. The number of nitrogens with zero attached hydrogens (tertiary/aromatic N) is 1. The third-order valence-electron chi connectivity index (χ3n) is 3.75. The molecule has 1 heterocycles. The lowest BCUT2D eigenvalue weighted by Crippen LogP contribution is -2.37. The molecule has 112 valence electrons. The lowest BCUT2D eigenvalue weighted by molar-refractivity contribution is -0.122. The quantitative estimate of drug-likeness (QED) is 0.863. The molecule has 3 N–H and O–H groups in total. The van der Waals surface area contributed by atoms with E-state index < -0.39 is 0 Å². The highest BCUT2D eigenvalue weighted by Crippen LogP contribution is 2.17. The Labute approximate surface area is 127 Å². The maximum atomic E-state index is 11.9. The first-order valence-corrected chi connectivity index (χ1v) is 6.93. The first kappa shape index (κ1) is 17.0. The molecule has 5 heteroatoms. The number of rotatable bonds is 5. The van der Waals surface area contributed by atoms with Crippen LogP contribution >= 0.6 is 12.4 Å². The van der Waals surface area contributed by atoms with Crippen LogP contribution in [-0.2, 0) is 11.3 Å². The number of amides is 1. The van der Waals surface area contributed by atoms with Crippen LogP contribution in [0.15, 0.2) is 30.3 Å². The van der Waals surface area contributed by atoms with Crippen LogP contribution in [0, 0.1) is 5.92 Å². The molecule has 0 aromatic heterocycles. The molecule has 2 unspecified atom stereocenters. The van der Waals surface area contributed by atoms with E-state index in [9.17, 15) is 4.79 Å². The SMILES string of the molecule is CC(N)C1CCN(CC(=O)NCc2ccccc2)C1.Cl. The first-order chi connectivity index (χ1) is 9.15. The van der Waals surface area contributed by atoms with E-state index in [1.54, 1.807) is 0 Å². The van der Waals surface area contributed by atoms with Gasteiger partial charge in [0.1, 0.15) is 0 Å². The number of nitrogens with two attached hydrogens (primary N) is 1. The number of hydrogen-bond donors (Lipinski definition) is 2. The molecule has 1 amide bonds. The number of halogens is 1. The van der Waals surface area contributed by atoms with Crippen molar-refractivity contribution in [2.24, 2.45) is 11.7 Å². The zero-order valence-electron chi connectivity index (χ0n) is 11.9. The van der Waals surface area contributed by atoms with Crippen LogP contribution in [0.25, 0.3) is 0 Å². The van der Waals surface area contributed by atoms with Crippen molar-refractivity contribution < 1.29 is 4.79 Å². The second-order valence-electron chi connectivity index (χ2n) is 5.41. The van der Waals surface area contributed by atoms with Gasteiger partial charge >= 0.3 is 0 Å².